The van der Waals surface area contributed by atoms with Crippen LogP contribution in [-0.2, 0) is 32.7 Å². The number of ether oxygens (including phenoxy) is 2. The average Bonchev–Trinajstić information content (AvgIpc) is 3.30. The Morgan fingerprint density at radius 2 is 0.794 bits per heavy atom. The van der Waals surface area contributed by atoms with E-state index in [9.17, 15) is 19.0 Å². The first-order valence-electron chi connectivity index (χ1n) is 25.9. The van der Waals surface area contributed by atoms with Crippen LogP contribution in [0.15, 0.2) is 134 Å². The summed E-state index contributed by atoms with van der Waals surface area (Å²) >= 11 is 0. The molecular weight excluding hydrogens is 870 g/mol. The van der Waals surface area contributed by atoms with Crippen LogP contribution in [0.5, 0.6) is 0 Å². The molecule has 0 rings (SSSR count). The Hall–Kier alpha value is -3.85. The Labute approximate surface area is 415 Å². The van der Waals surface area contributed by atoms with Gasteiger partial charge in [0.1, 0.15) is 19.8 Å². The molecule has 384 valence electrons. The first-order valence-corrected chi connectivity index (χ1v) is 27.4. The van der Waals surface area contributed by atoms with Crippen molar-refractivity contribution in [2.75, 3.05) is 47.5 Å². The van der Waals surface area contributed by atoms with Gasteiger partial charge in [0.05, 0.1) is 27.7 Å². The predicted octanol–water partition coefficient (Wildman–Crippen LogP) is 15.2. The lowest BCUT2D eigenvalue weighted by molar-refractivity contribution is -0.870. The maximum absolute atomic E-state index is 12.7. The minimum atomic E-state index is -4.65. The molecule has 10 heteroatoms. The van der Waals surface area contributed by atoms with Gasteiger partial charge in [-0.1, -0.05) is 180 Å². The van der Waals surface area contributed by atoms with E-state index < -0.39 is 32.5 Å². The van der Waals surface area contributed by atoms with E-state index in [2.05, 4.69) is 148 Å². The Morgan fingerprint density at radius 3 is 1.18 bits per heavy atom. The SMILES string of the molecule is CC/C=C\C/C=C\C/C=C\C/C=C\C/C=C\C/C=C\C/C=C\C/C=C\CCCCCCC(=O)OC(COC(=O)CCCCCCC/C=C\C/C=C\C/C=C\CC)COP(=O)([O-])OCC[N+](C)(C)C. The maximum Gasteiger partial charge on any atom is 0.306 e. The van der Waals surface area contributed by atoms with Crippen LogP contribution < -0.4 is 4.89 Å². The lowest BCUT2D eigenvalue weighted by Gasteiger charge is -2.28. The number of esters is 2. The van der Waals surface area contributed by atoms with Gasteiger partial charge in [0, 0.05) is 12.8 Å². The van der Waals surface area contributed by atoms with Gasteiger partial charge in [-0.05, 0) is 109 Å². The first-order chi connectivity index (χ1) is 33.0. The third-order valence-corrected chi connectivity index (χ3v) is 11.1. The number of carbonyl (C=O) groups is 2. The van der Waals surface area contributed by atoms with E-state index in [4.69, 9.17) is 18.5 Å². The van der Waals surface area contributed by atoms with E-state index in [1.807, 2.05) is 21.1 Å². The second-order valence-corrected chi connectivity index (χ2v) is 19.2. The third-order valence-electron chi connectivity index (χ3n) is 10.2. The van der Waals surface area contributed by atoms with Crippen molar-refractivity contribution in [3.63, 3.8) is 0 Å². The van der Waals surface area contributed by atoms with Gasteiger partial charge in [-0.3, -0.25) is 14.2 Å². The first kappa shape index (κ1) is 64.2. The van der Waals surface area contributed by atoms with Crippen molar-refractivity contribution in [2.45, 2.75) is 174 Å². The normalized spacial score (nSPS) is 14.5. The highest BCUT2D eigenvalue weighted by Gasteiger charge is 2.21. The zero-order valence-electron chi connectivity index (χ0n) is 43.2. The number of phosphoric ester groups is 1. The molecule has 0 saturated carbocycles. The molecule has 0 aromatic carbocycles. The molecule has 0 saturated heterocycles. The molecule has 0 N–H and O–H groups in total. The van der Waals surface area contributed by atoms with Crippen LogP contribution in [0.25, 0.3) is 0 Å². The molecule has 68 heavy (non-hydrogen) atoms. The molecule has 0 spiro atoms. The number of allylic oxidation sites excluding steroid dienone is 22. The Bertz CT molecular complexity index is 1610. The molecule has 2 atom stereocenters. The van der Waals surface area contributed by atoms with E-state index in [1.165, 1.54) is 0 Å². The van der Waals surface area contributed by atoms with Crippen molar-refractivity contribution in [1.82, 2.24) is 0 Å². The van der Waals surface area contributed by atoms with Gasteiger partial charge in [-0.25, -0.2) is 0 Å². The molecule has 0 aliphatic heterocycles. The summed E-state index contributed by atoms with van der Waals surface area (Å²) in [6.07, 6.45) is 69.2. The fourth-order valence-electron chi connectivity index (χ4n) is 6.21. The van der Waals surface area contributed by atoms with Crippen LogP contribution in [0.1, 0.15) is 168 Å². The summed E-state index contributed by atoms with van der Waals surface area (Å²) in [5, 5.41) is 0. The van der Waals surface area contributed by atoms with Crippen LogP contribution in [-0.4, -0.2) is 70.0 Å². The zero-order chi connectivity index (χ0) is 49.9. The molecule has 0 aliphatic carbocycles. The monoisotopic (exact) mass is 964 g/mol. The summed E-state index contributed by atoms with van der Waals surface area (Å²) in [7, 11) is 1.11. The molecule has 0 bridgehead atoms. The Balaban J connectivity index is 4.34. The van der Waals surface area contributed by atoms with Crippen LogP contribution in [0, 0.1) is 0 Å². The van der Waals surface area contributed by atoms with Crippen molar-refractivity contribution in [2.24, 2.45) is 0 Å². The average molecular weight is 964 g/mol. The van der Waals surface area contributed by atoms with Crippen molar-refractivity contribution < 1.29 is 42.1 Å². The highest BCUT2D eigenvalue weighted by molar-refractivity contribution is 7.45. The fourth-order valence-corrected chi connectivity index (χ4v) is 6.94. The predicted molar refractivity (Wildman–Crippen MR) is 286 cm³/mol. The maximum atomic E-state index is 12.7. The van der Waals surface area contributed by atoms with E-state index in [1.54, 1.807) is 0 Å². The summed E-state index contributed by atoms with van der Waals surface area (Å²) in [4.78, 5) is 37.7. The largest absolute Gasteiger partial charge is 0.756 e. The molecular formula is C58H94NO8P. The summed E-state index contributed by atoms with van der Waals surface area (Å²) in [6.45, 7) is 3.92. The molecule has 0 amide bonds. The molecule has 0 aromatic rings. The van der Waals surface area contributed by atoms with E-state index >= 15 is 0 Å². The van der Waals surface area contributed by atoms with Gasteiger partial charge < -0.3 is 27.9 Å². The molecule has 0 aliphatic rings. The number of quaternary nitrogens is 1. The van der Waals surface area contributed by atoms with Crippen LogP contribution >= 0.6 is 7.82 Å². The van der Waals surface area contributed by atoms with Crippen LogP contribution in [0.4, 0.5) is 0 Å². The van der Waals surface area contributed by atoms with E-state index in [-0.39, 0.29) is 26.1 Å². The van der Waals surface area contributed by atoms with Crippen LogP contribution in [0.2, 0.25) is 0 Å². The van der Waals surface area contributed by atoms with Gasteiger partial charge in [0.25, 0.3) is 7.82 Å². The standard InChI is InChI=1S/C58H94NO8P/c1-6-8-10-12-14-16-18-20-22-23-24-25-26-27-28-29-30-31-32-33-34-35-37-39-41-43-45-47-49-51-58(61)67-56(55-66-68(62,63)65-53-52-59(3,4)5)54-64-57(60)50-48-46-44-42-40-38-36-21-19-17-15-13-11-9-7-2/h8-11,14-17,20-22,24-25,27-28,30-31,33-34,36-37,39,56H,6-7,12-13,18-19,23,26,29,32,35,38,40-55H2,1-5H3/b10-8-,11-9-,16-14-,17-15-,22-20-,25-24-,28-27-,31-30-,34-33-,36-21-,39-37-. The van der Waals surface area contributed by atoms with E-state index in [0.29, 0.717) is 23.9 Å². The topological polar surface area (TPSA) is 111 Å². The third kappa shape index (κ3) is 51.5. The van der Waals surface area contributed by atoms with Crippen molar-refractivity contribution in [3.8, 4) is 0 Å². The quantitative estimate of drug-likeness (QED) is 0.0195. The molecule has 0 heterocycles. The summed E-state index contributed by atoms with van der Waals surface area (Å²) in [5.41, 5.74) is 0. The number of rotatable bonds is 45. The van der Waals surface area contributed by atoms with Crippen LogP contribution in [0.3, 0.4) is 0 Å². The minimum absolute atomic E-state index is 0.0476. The zero-order valence-corrected chi connectivity index (χ0v) is 44.1. The highest BCUT2D eigenvalue weighted by Crippen LogP contribution is 2.38. The van der Waals surface area contributed by atoms with Gasteiger partial charge >= 0.3 is 11.9 Å². The van der Waals surface area contributed by atoms with Gasteiger partial charge in [-0.2, -0.15) is 0 Å². The number of likely N-dealkylation sites (N-methyl/N-ethyl adjacent to an activating group) is 1. The Morgan fingerprint density at radius 1 is 0.456 bits per heavy atom. The molecule has 0 fully saturated rings. The molecule has 0 aromatic heterocycles. The highest BCUT2D eigenvalue weighted by atomic mass is 31.2. The number of phosphoric acid groups is 1. The van der Waals surface area contributed by atoms with Crippen molar-refractivity contribution >= 4 is 19.8 Å². The lowest BCUT2D eigenvalue weighted by Crippen LogP contribution is -2.37. The number of nitrogens with zero attached hydrogens (tertiary/aromatic N) is 1. The summed E-state index contributed by atoms with van der Waals surface area (Å²) < 4.78 is 34.0. The number of carbonyl (C=O) groups excluding carboxylic acids is 2. The van der Waals surface area contributed by atoms with Crippen molar-refractivity contribution in [3.05, 3.63) is 134 Å². The van der Waals surface area contributed by atoms with Gasteiger partial charge in [0.15, 0.2) is 6.10 Å². The second kappa shape index (κ2) is 48.2. The molecule has 2 unspecified atom stereocenters. The molecule has 0 radical (unpaired) electrons. The van der Waals surface area contributed by atoms with Gasteiger partial charge in [-0.15, -0.1) is 0 Å². The van der Waals surface area contributed by atoms with E-state index in [0.717, 1.165) is 128 Å². The smallest absolute Gasteiger partial charge is 0.306 e. The van der Waals surface area contributed by atoms with Gasteiger partial charge in [0.2, 0.25) is 0 Å². The second-order valence-electron chi connectivity index (χ2n) is 17.8. The lowest BCUT2D eigenvalue weighted by atomic mass is 10.1. The fraction of sp³-hybridized carbons (Fsp3) is 0.586. The molecule has 9 nitrogen and oxygen atoms in total. The number of hydrogen-bond acceptors (Lipinski definition) is 8. The van der Waals surface area contributed by atoms with Crippen molar-refractivity contribution in [1.29, 1.82) is 0 Å². The summed E-state index contributed by atoms with van der Waals surface area (Å²) in [5.74, 6) is -0.897. The summed E-state index contributed by atoms with van der Waals surface area (Å²) in [6, 6.07) is 0. The minimum Gasteiger partial charge on any atom is -0.756 e. The number of hydrogen-bond donors (Lipinski definition) is 0. The number of unbranched alkanes of at least 4 members (excludes halogenated alkanes) is 9. The Kier molecular flexibility index (Phi) is 45.5.